The molecule has 6 heteroatoms. The molecule has 6 nitrogen and oxygen atoms in total. The van der Waals surface area contributed by atoms with Gasteiger partial charge >= 0.3 is 6.09 Å². The largest absolute Gasteiger partial charge is 0.449 e. The van der Waals surface area contributed by atoms with Gasteiger partial charge in [-0.15, -0.1) is 0 Å². The summed E-state index contributed by atoms with van der Waals surface area (Å²) in [7, 11) is 0. The number of hydrogen-bond donors (Lipinski definition) is 2. The van der Waals surface area contributed by atoms with E-state index in [0.29, 0.717) is 32.8 Å². The molecule has 2 aliphatic heterocycles. The average Bonchev–Trinajstić information content (AvgIpc) is 2.27. The molecular weight excluding hydrogens is 222 g/mol. The van der Waals surface area contributed by atoms with Crippen LogP contribution < -0.4 is 10.6 Å². The van der Waals surface area contributed by atoms with Crippen LogP contribution in [0.1, 0.15) is 19.8 Å². The number of piperazine rings is 1. The second kappa shape index (κ2) is 4.91. The van der Waals surface area contributed by atoms with Crippen molar-refractivity contribution >= 4 is 12.0 Å². The van der Waals surface area contributed by atoms with Crippen LogP contribution in [-0.4, -0.2) is 55.2 Å². The maximum absolute atomic E-state index is 11.6. The van der Waals surface area contributed by atoms with Crippen LogP contribution in [0.3, 0.4) is 0 Å². The van der Waals surface area contributed by atoms with Crippen LogP contribution in [0, 0.1) is 0 Å². The number of carbonyl (C=O) groups is 2. The lowest BCUT2D eigenvalue weighted by Crippen LogP contribution is -2.77. The van der Waals surface area contributed by atoms with Crippen molar-refractivity contribution in [1.82, 2.24) is 15.5 Å². The molecule has 0 saturated carbocycles. The van der Waals surface area contributed by atoms with E-state index in [1.807, 2.05) is 0 Å². The summed E-state index contributed by atoms with van der Waals surface area (Å²) in [6.07, 6.45) is 1.67. The van der Waals surface area contributed by atoms with Gasteiger partial charge in [0.2, 0.25) is 5.91 Å². The molecule has 2 heterocycles. The number of nitrogens with one attached hydrogen (secondary N) is 2. The molecule has 0 radical (unpaired) electrons. The van der Waals surface area contributed by atoms with E-state index in [0.717, 1.165) is 12.8 Å². The Labute approximate surface area is 101 Å². The number of unbranched alkanes of at least 4 members (excludes halogenated alkanes) is 1. The van der Waals surface area contributed by atoms with Crippen molar-refractivity contribution in [3.63, 3.8) is 0 Å². The lowest BCUT2D eigenvalue weighted by Gasteiger charge is -2.51. The Morgan fingerprint density at radius 3 is 2.88 bits per heavy atom. The first-order valence-electron chi connectivity index (χ1n) is 6.09. The summed E-state index contributed by atoms with van der Waals surface area (Å²) in [5.74, 6) is 0.0135. The van der Waals surface area contributed by atoms with Crippen LogP contribution in [0.2, 0.25) is 0 Å². The third-order valence-corrected chi connectivity index (χ3v) is 3.22. The van der Waals surface area contributed by atoms with Crippen LogP contribution in [0.4, 0.5) is 4.79 Å². The van der Waals surface area contributed by atoms with Crippen molar-refractivity contribution in [2.45, 2.75) is 25.3 Å². The zero-order valence-electron chi connectivity index (χ0n) is 10.1. The van der Waals surface area contributed by atoms with Gasteiger partial charge in [-0.05, 0) is 6.42 Å². The number of amides is 2. The first-order chi connectivity index (χ1) is 8.15. The highest BCUT2D eigenvalue weighted by molar-refractivity contribution is 5.79. The van der Waals surface area contributed by atoms with E-state index in [2.05, 4.69) is 17.6 Å². The molecule has 0 bridgehead atoms. The van der Waals surface area contributed by atoms with Gasteiger partial charge < -0.3 is 15.0 Å². The summed E-state index contributed by atoms with van der Waals surface area (Å²) in [6, 6.07) is 0. The van der Waals surface area contributed by atoms with Gasteiger partial charge in [-0.3, -0.25) is 10.1 Å². The predicted octanol–water partition coefficient (Wildman–Crippen LogP) is -0.303. The fourth-order valence-electron chi connectivity index (χ4n) is 2.09. The van der Waals surface area contributed by atoms with Gasteiger partial charge in [-0.25, -0.2) is 4.79 Å². The normalized spacial score (nSPS) is 21.9. The van der Waals surface area contributed by atoms with Gasteiger partial charge in [0, 0.05) is 19.6 Å². The maximum Gasteiger partial charge on any atom is 0.409 e. The topological polar surface area (TPSA) is 70.7 Å². The van der Waals surface area contributed by atoms with Crippen LogP contribution in [0.25, 0.3) is 0 Å². The summed E-state index contributed by atoms with van der Waals surface area (Å²) in [6.45, 7) is 4.68. The zero-order chi connectivity index (χ0) is 12.3. The molecule has 2 aliphatic rings. The van der Waals surface area contributed by atoms with E-state index >= 15 is 0 Å². The smallest absolute Gasteiger partial charge is 0.409 e. The highest BCUT2D eigenvalue weighted by Crippen LogP contribution is 2.22. The number of ether oxygens (including phenoxy) is 1. The molecule has 0 unspecified atom stereocenters. The molecule has 2 saturated heterocycles. The molecule has 17 heavy (non-hydrogen) atoms. The first-order valence-corrected chi connectivity index (χ1v) is 6.09. The van der Waals surface area contributed by atoms with E-state index in [1.165, 1.54) is 0 Å². The SMILES string of the molecule is CCCCOC(=O)N1CC2(CNC(=O)CN2)C1. The number of rotatable bonds is 3. The molecule has 2 rings (SSSR count). The minimum atomic E-state index is -0.247. The molecule has 0 aromatic carbocycles. The first kappa shape index (κ1) is 12.2. The van der Waals surface area contributed by atoms with Crippen LogP contribution in [0.15, 0.2) is 0 Å². The van der Waals surface area contributed by atoms with E-state index < -0.39 is 0 Å². The Kier molecular flexibility index (Phi) is 3.51. The maximum atomic E-state index is 11.6. The Balaban J connectivity index is 1.71. The number of hydrogen-bond acceptors (Lipinski definition) is 4. The molecule has 2 N–H and O–H groups in total. The summed E-state index contributed by atoms with van der Waals surface area (Å²) >= 11 is 0. The van der Waals surface area contributed by atoms with Crippen molar-refractivity contribution in [2.24, 2.45) is 0 Å². The Morgan fingerprint density at radius 1 is 1.53 bits per heavy atom. The predicted molar refractivity (Wildman–Crippen MR) is 61.6 cm³/mol. The molecule has 0 aliphatic carbocycles. The molecule has 0 aromatic heterocycles. The van der Waals surface area contributed by atoms with Crippen molar-refractivity contribution in [3.8, 4) is 0 Å². The van der Waals surface area contributed by atoms with Gasteiger partial charge in [0.15, 0.2) is 0 Å². The summed E-state index contributed by atoms with van der Waals surface area (Å²) in [5, 5.41) is 5.98. The number of nitrogens with zero attached hydrogens (tertiary/aromatic N) is 1. The fraction of sp³-hybridized carbons (Fsp3) is 0.818. The Bertz CT molecular complexity index is 301. The molecular formula is C11H19N3O3. The van der Waals surface area contributed by atoms with Crippen molar-refractivity contribution in [2.75, 3.05) is 32.8 Å². The van der Waals surface area contributed by atoms with Crippen molar-refractivity contribution < 1.29 is 14.3 Å². The van der Waals surface area contributed by atoms with Crippen LogP contribution in [-0.2, 0) is 9.53 Å². The van der Waals surface area contributed by atoms with E-state index in [1.54, 1.807) is 4.90 Å². The average molecular weight is 241 g/mol. The van der Waals surface area contributed by atoms with E-state index in [9.17, 15) is 9.59 Å². The third kappa shape index (κ3) is 2.69. The van der Waals surface area contributed by atoms with Crippen molar-refractivity contribution in [3.05, 3.63) is 0 Å². The van der Waals surface area contributed by atoms with Gasteiger partial charge in [0.25, 0.3) is 0 Å². The second-order valence-corrected chi connectivity index (χ2v) is 4.73. The molecule has 2 amide bonds. The summed E-state index contributed by atoms with van der Waals surface area (Å²) in [4.78, 5) is 24.2. The summed E-state index contributed by atoms with van der Waals surface area (Å²) < 4.78 is 5.11. The molecule has 1 spiro atoms. The molecule has 2 fully saturated rings. The van der Waals surface area contributed by atoms with E-state index in [4.69, 9.17) is 4.74 Å². The second-order valence-electron chi connectivity index (χ2n) is 4.73. The lowest BCUT2D eigenvalue weighted by atomic mass is 9.88. The van der Waals surface area contributed by atoms with Gasteiger partial charge in [0.05, 0.1) is 18.7 Å². The minimum Gasteiger partial charge on any atom is -0.449 e. The third-order valence-electron chi connectivity index (χ3n) is 3.22. The highest BCUT2D eigenvalue weighted by atomic mass is 16.6. The van der Waals surface area contributed by atoms with Crippen LogP contribution in [0.5, 0.6) is 0 Å². The zero-order valence-corrected chi connectivity index (χ0v) is 10.1. The van der Waals surface area contributed by atoms with Gasteiger partial charge in [-0.1, -0.05) is 13.3 Å². The standard InChI is InChI=1S/C11H19N3O3/c1-2-3-4-17-10(16)14-7-11(8-14)6-12-9(15)5-13-11/h13H,2-8H2,1H3,(H,12,15). The number of likely N-dealkylation sites (tertiary alicyclic amines) is 1. The minimum absolute atomic E-state index is 0.0135. The Hall–Kier alpha value is -1.30. The lowest BCUT2D eigenvalue weighted by molar-refractivity contribution is -0.124. The van der Waals surface area contributed by atoms with Crippen molar-refractivity contribution in [1.29, 1.82) is 0 Å². The molecule has 0 atom stereocenters. The monoisotopic (exact) mass is 241 g/mol. The molecule has 0 aromatic rings. The Morgan fingerprint density at radius 2 is 2.29 bits per heavy atom. The molecule has 96 valence electrons. The van der Waals surface area contributed by atoms with E-state index in [-0.39, 0.29) is 17.5 Å². The fourth-order valence-corrected chi connectivity index (χ4v) is 2.09. The van der Waals surface area contributed by atoms with Gasteiger partial charge in [0.1, 0.15) is 0 Å². The van der Waals surface area contributed by atoms with Gasteiger partial charge in [-0.2, -0.15) is 0 Å². The van der Waals surface area contributed by atoms with Crippen LogP contribution >= 0.6 is 0 Å². The summed E-state index contributed by atoms with van der Waals surface area (Å²) in [5.41, 5.74) is -0.127. The number of carbonyl (C=O) groups excluding carboxylic acids is 2. The highest BCUT2D eigenvalue weighted by Gasteiger charge is 2.47. The quantitative estimate of drug-likeness (QED) is 0.665.